The van der Waals surface area contributed by atoms with Gasteiger partial charge < -0.3 is 19.1 Å². The average molecular weight is 432 g/mol. The molecular weight excluding hydrogens is 407 g/mol. The van der Waals surface area contributed by atoms with Crippen LogP contribution < -0.4 is 19.1 Å². The summed E-state index contributed by atoms with van der Waals surface area (Å²) in [4.78, 5) is 6.83. The van der Waals surface area contributed by atoms with Gasteiger partial charge in [0.15, 0.2) is 11.5 Å². The largest absolute Gasteiger partial charge is 0.493 e. The number of hydrogen-bond donors (Lipinski definition) is 0. The van der Waals surface area contributed by atoms with E-state index in [0.29, 0.717) is 17.2 Å². The van der Waals surface area contributed by atoms with Crippen LogP contribution in [0.3, 0.4) is 0 Å². The lowest BCUT2D eigenvalue weighted by Crippen LogP contribution is -2.10. The lowest BCUT2D eigenvalue weighted by molar-refractivity contribution is 0.324. The molecule has 5 nitrogen and oxygen atoms in total. The molecule has 4 aromatic rings. The second-order valence-electron chi connectivity index (χ2n) is 7.58. The topological polar surface area (TPSA) is 43.8 Å². The van der Waals surface area contributed by atoms with E-state index in [2.05, 4.69) is 6.07 Å². The summed E-state index contributed by atoms with van der Waals surface area (Å²) >= 11 is 0. The van der Waals surface area contributed by atoms with Gasteiger partial charge in [-0.3, -0.25) is 0 Å². The molecule has 32 heavy (non-hydrogen) atoms. The van der Waals surface area contributed by atoms with E-state index in [1.165, 1.54) is 12.1 Å². The Morgan fingerprint density at radius 1 is 0.750 bits per heavy atom. The minimum atomic E-state index is -0.284. The molecular formula is C26H25FN2O3. The Labute approximate surface area is 187 Å². The molecule has 0 saturated heterocycles. The zero-order valence-electron chi connectivity index (χ0n) is 18.8. The van der Waals surface area contributed by atoms with E-state index in [4.69, 9.17) is 19.2 Å². The highest BCUT2D eigenvalue weighted by molar-refractivity contribution is 5.97. The van der Waals surface area contributed by atoms with Crippen molar-refractivity contribution in [3.05, 3.63) is 66.5 Å². The smallest absolute Gasteiger partial charge is 0.203 e. The Kier molecular flexibility index (Phi) is 5.86. The minimum Gasteiger partial charge on any atom is -0.493 e. The Bertz CT molecular complexity index is 1260. The molecule has 1 heterocycles. The highest BCUT2D eigenvalue weighted by atomic mass is 19.1. The van der Waals surface area contributed by atoms with E-state index in [-0.39, 0.29) is 5.82 Å². The molecule has 0 N–H and O–H groups in total. The minimum absolute atomic E-state index is 0.284. The third kappa shape index (κ3) is 3.91. The Morgan fingerprint density at radius 2 is 1.47 bits per heavy atom. The van der Waals surface area contributed by atoms with Crippen LogP contribution >= 0.6 is 0 Å². The number of anilines is 1. The van der Waals surface area contributed by atoms with E-state index < -0.39 is 0 Å². The Balaban J connectivity index is 1.90. The van der Waals surface area contributed by atoms with Gasteiger partial charge in [0.1, 0.15) is 5.82 Å². The Hall–Kier alpha value is -3.80. The maximum Gasteiger partial charge on any atom is 0.203 e. The summed E-state index contributed by atoms with van der Waals surface area (Å²) in [5, 5.41) is 0.987. The number of rotatable bonds is 6. The zero-order chi connectivity index (χ0) is 22.8. The van der Waals surface area contributed by atoms with Crippen LogP contribution in [0.25, 0.3) is 33.3 Å². The van der Waals surface area contributed by atoms with Crippen LogP contribution in [0.4, 0.5) is 10.1 Å². The van der Waals surface area contributed by atoms with Crippen LogP contribution in [0.5, 0.6) is 17.2 Å². The number of hydrogen-bond acceptors (Lipinski definition) is 5. The lowest BCUT2D eigenvalue weighted by atomic mass is 10.00. The SMILES string of the molecule is COc1cc(-c2ccc3nc(-c4cccc(F)c4)cc(N(C)C)c3c2)cc(OC)c1OC. The summed E-state index contributed by atoms with van der Waals surface area (Å²) in [5.74, 6) is 1.45. The fourth-order valence-corrected chi connectivity index (χ4v) is 3.80. The number of fused-ring (bicyclic) bond motifs is 1. The fraction of sp³-hybridized carbons (Fsp3) is 0.192. The van der Waals surface area contributed by atoms with Crippen LogP contribution in [0, 0.1) is 5.82 Å². The van der Waals surface area contributed by atoms with E-state index in [1.54, 1.807) is 27.4 Å². The number of halogens is 1. The first kappa shape index (κ1) is 21.4. The maximum absolute atomic E-state index is 13.8. The van der Waals surface area contributed by atoms with Crippen LogP contribution in [0.1, 0.15) is 0 Å². The van der Waals surface area contributed by atoms with Gasteiger partial charge in [-0.05, 0) is 53.6 Å². The number of ether oxygens (including phenoxy) is 3. The summed E-state index contributed by atoms with van der Waals surface area (Å²) in [6.45, 7) is 0. The third-order valence-electron chi connectivity index (χ3n) is 5.39. The van der Waals surface area contributed by atoms with Crippen molar-refractivity contribution >= 4 is 16.6 Å². The molecule has 0 saturated carbocycles. The van der Waals surface area contributed by atoms with Crippen LogP contribution in [0.2, 0.25) is 0 Å². The average Bonchev–Trinajstić information content (AvgIpc) is 2.81. The lowest BCUT2D eigenvalue weighted by Gasteiger charge is -2.18. The van der Waals surface area contributed by atoms with Gasteiger partial charge in [0.2, 0.25) is 5.75 Å². The van der Waals surface area contributed by atoms with E-state index in [0.717, 1.165) is 39.0 Å². The van der Waals surface area contributed by atoms with Crippen molar-refractivity contribution in [2.75, 3.05) is 40.3 Å². The van der Waals surface area contributed by atoms with Gasteiger partial charge in [-0.2, -0.15) is 0 Å². The van der Waals surface area contributed by atoms with Gasteiger partial charge in [0.05, 0.1) is 32.5 Å². The first-order valence-electron chi connectivity index (χ1n) is 10.1. The van der Waals surface area contributed by atoms with Crippen molar-refractivity contribution in [2.45, 2.75) is 0 Å². The molecule has 164 valence electrons. The summed E-state index contributed by atoms with van der Waals surface area (Å²) in [6.07, 6.45) is 0. The molecule has 0 aliphatic rings. The molecule has 6 heteroatoms. The highest BCUT2D eigenvalue weighted by Gasteiger charge is 2.16. The number of benzene rings is 3. The monoisotopic (exact) mass is 432 g/mol. The molecule has 0 unspecified atom stereocenters. The molecule has 0 amide bonds. The van der Waals surface area contributed by atoms with Crippen molar-refractivity contribution in [3.63, 3.8) is 0 Å². The number of nitrogens with zero attached hydrogens (tertiary/aromatic N) is 2. The molecule has 3 aromatic carbocycles. The highest BCUT2D eigenvalue weighted by Crippen LogP contribution is 2.42. The quantitative estimate of drug-likeness (QED) is 0.385. The summed E-state index contributed by atoms with van der Waals surface area (Å²) in [5.41, 5.74) is 5.20. The zero-order valence-corrected chi connectivity index (χ0v) is 18.8. The molecule has 0 atom stereocenters. The van der Waals surface area contributed by atoms with Crippen molar-refractivity contribution in [1.29, 1.82) is 0 Å². The van der Waals surface area contributed by atoms with Crippen molar-refractivity contribution in [1.82, 2.24) is 4.98 Å². The van der Waals surface area contributed by atoms with Crippen molar-refractivity contribution in [3.8, 4) is 39.6 Å². The molecule has 0 radical (unpaired) electrons. The van der Waals surface area contributed by atoms with Gasteiger partial charge in [0.25, 0.3) is 0 Å². The van der Waals surface area contributed by atoms with Gasteiger partial charge in [-0.1, -0.05) is 18.2 Å². The number of methoxy groups -OCH3 is 3. The first-order valence-corrected chi connectivity index (χ1v) is 10.1. The van der Waals surface area contributed by atoms with Crippen LogP contribution in [0.15, 0.2) is 60.7 Å². The van der Waals surface area contributed by atoms with Crippen molar-refractivity contribution in [2.24, 2.45) is 0 Å². The number of pyridine rings is 1. The standard InChI is InChI=1S/C26H25FN2O3/c1-29(2)23-15-22(17-7-6-8-19(27)11-17)28-21-10-9-16(12-20(21)23)18-13-24(30-3)26(32-5)25(14-18)31-4/h6-15H,1-5H3. The van der Waals surface area contributed by atoms with Gasteiger partial charge >= 0.3 is 0 Å². The molecule has 0 fully saturated rings. The molecule has 0 aliphatic heterocycles. The molecule has 0 bridgehead atoms. The predicted octanol–water partition coefficient (Wildman–Crippen LogP) is 5.80. The summed E-state index contributed by atoms with van der Waals surface area (Å²) < 4.78 is 30.2. The third-order valence-corrected chi connectivity index (χ3v) is 5.39. The summed E-state index contributed by atoms with van der Waals surface area (Å²) in [6, 6.07) is 18.4. The van der Waals surface area contributed by atoms with Crippen LogP contribution in [-0.4, -0.2) is 40.4 Å². The summed E-state index contributed by atoms with van der Waals surface area (Å²) in [7, 11) is 8.75. The van der Waals surface area contributed by atoms with Crippen LogP contribution in [-0.2, 0) is 0 Å². The van der Waals surface area contributed by atoms with Crippen molar-refractivity contribution < 1.29 is 18.6 Å². The number of aromatic nitrogens is 1. The molecule has 0 aliphatic carbocycles. The van der Waals surface area contributed by atoms with E-state index in [9.17, 15) is 4.39 Å². The van der Waals surface area contributed by atoms with Gasteiger partial charge in [-0.15, -0.1) is 0 Å². The van der Waals surface area contributed by atoms with E-state index >= 15 is 0 Å². The molecule has 0 spiro atoms. The second-order valence-corrected chi connectivity index (χ2v) is 7.58. The maximum atomic E-state index is 13.8. The van der Waals surface area contributed by atoms with Gasteiger partial charge in [-0.25, -0.2) is 9.37 Å². The Morgan fingerprint density at radius 3 is 2.06 bits per heavy atom. The fourth-order valence-electron chi connectivity index (χ4n) is 3.80. The van der Waals surface area contributed by atoms with E-state index in [1.807, 2.05) is 55.4 Å². The first-order chi connectivity index (χ1) is 15.4. The van der Waals surface area contributed by atoms with Gasteiger partial charge in [0, 0.05) is 30.7 Å². The molecule has 1 aromatic heterocycles. The normalized spacial score (nSPS) is 10.8. The molecule has 4 rings (SSSR count). The predicted molar refractivity (Wildman–Crippen MR) is 127 cm³/mol. The second kappa shape index (κ2) is 8.75.